The van der Waals surface area contributed by atoms with Crippen LogP contribution in [-0.2, 0) is 14.3 Å². The van der Waals surface area contributed by atoms with Gasteiger partial charge in [0.2, 0.25) is 5.91 Å². The number of morpholine rings is 1. The van der Waals surface area contributed by atoms with Gasteiger partial charge in [0.05, 0.1) is 13.2 Å². The highest BCUT2D eigenvalue weighted by Crippen LogP contribution is 2.22. The maximum Gasteiger partial charge on any atom is 0.331 e. The van der Waals surface area contributed by atoms with Gasteiger partial charge in [-0.05, 0) is 28.8 Å². The van der Waals surface area contributed by atoms with E-state index in [0.29, 0.717) is 26.3 Å². The summed E-state index contributed by atoms with van der Waals surface area (Å²) in [4.78, 5) is 25.6. The molecule has 2 aromatic carbocycles. The van der Waals surface area contributed by atoms with E-state index < -0.39 is 5.97 Å². The molecule has 0 spiro atoms. The Morgan fingerprint density at radius 3 is 2.52 bits per heavy atom. The van der Waals surface area contributed by atoms with Crippen molar-refractivity contribution >= 4 is 28.7 Å². The number of ether oxygens (including phenoxy) is 1. The zero-order valence-corrected chi connectivity index (χ0v) is 14.0. The van der Waals surface area contributed by atoms with Crippen LogP contribution in [0, 0.1) is 0 Å². The number of hydrogen-bond donors (Lipinski definition) is 1. The monoisotopic (exact) mass is 339 g/mol. The molecule has 5 nitrogen and oxygen atoms in total. The van der Waals surface area contributed by atoms with E-state index in [1.54, 1.807) is 11.0 Å². The first kappa shape index (κ1) is 17.2. The number of nitrogens with zero attached hydrogens (tertiary/aromatic N) is 1. The van der Waals surface area contributed by atoms with Crippen LogP contribution in [0.2, 0.25) is 0 Å². The molecule has 3 rings (SSSR count). The lowest BCUT2D eigenvalue weighted by molar-refractivity contribution is -0.135. The number of hydrogen-bond acceptors (Lipinski definition) is 3. The summed E-state index contributed by atoms with van der Waals surface area (Å²) in [5.41, 5.74) is 1.10. The van der Waals surface area contributed by atoms with Gasteiger partial charge in [-0.15, -0.1) is 0 Å². The summed E-state index contributed by atoms with van der Waals surface area (Å²) >= 11 is 0. The minimum Gasteiger partial charge on any atom is -0.478 e. The Hall–Kier alpha value is -2.66. The molecule has 0 atom stereocenters. The van der Waals surface area contributed by atoms with Crippen LogP contribution >= 0.6 is 0 Å². The molecule has 0 aromatic heterocycles. The van der Waals surface area contributed by atoms with Crippen molar-refractivity contribution in [2.75, 3.05) is 26.3 Å². The standard InChI is InChI=1S/C20H21NO4/c22-19(21-10-12-25-13-11-21)9-8-17(20(23)24)14-16-6-3-5-15-4-1-2-7-18(15)16/h1-7,14H,8-13H2,(H,23,24)/b17-14+. The van der Waals surface area contributed by atoms with Gasteiger partial charge in [0.25, 0.3) is 0 Å². The zero-order chi connectivity index (χ0) is 17.6. The van der Waals surface area contributed by atoms with E-state index in [2.05, 4.69) is 0 Å². The van der Waals surface area contributed by atoms with E-state index in [1.165, 1.54) is 0 Å². The fraction of sp³-hybridized carbons (Fsp3) is 0.300. The van der Waals surface area contributed by atoms with Gasteiger partial charge < -0.3 is 14.7 Å². The first-order valence-corrected chi connectivity index (χ1v) is 8.42. The first-order valence-electron chi connectivity index (χ1n) is 8.42. The van der Waals surface area contributed by atoms with Gasteiger partial charge >= 0.3 is 5.97 Å². The Morgan fingerprint density at radius 2 is 1.76 bits per heavy atom. The molecule has 1 N–H and O–H groups in total. The van der Waals surface area contributed by atoms with E-state index in [-0.39, 0.29) is 24.3 Å². The van der Waals surface area contributed by atoms with Gasteiger partial charge in [-0.25, -0.2) is 4.79 Å². The van der Waals surface area contributed by atoms with Gasteiger partial charge in [0.1, 0.15) is 0 Å². The molecule has 1 amide bonds. The van der Waals surface area contributed by atoms with Gasteiger partial charge in [0.15, 0.2) is 0 Å². The lowest BCUT2D eigenvalue weighted by Gasteiger charge is -2.26. The van der Waals surface area contributed by atoms with Crippen LogP contribution in [-0.4, -0.2) is 48.2 Å². The zero-order valence-electron chi connectivity index (χ0n) is 14.0. The largest absolute Gasteiger partial charge is 0.478 e. The summed E-state index contributed by atoms with van der Waals surface area (Å²) in [5, 5.41) is 11.6. The van der Waals surface area contributed by atoms with Crippen molar-refractivity contribution in [3.05, 3.63) is 53.6 Å². The Labute approximate surface area is 146 Å². The second-order valence-electron chi connectivity index (χ2n) is 6.04. The predicted octanol–water partition coefficient (Wildman–Crippen LogP) is 2.95. The number of carbonyl (C=O) groups is 2. The average molecular weight is 339 g/mol. The van der Waals surface area contributed by atoms with Crippen LogP contribution in [0.3, 0.4) is 0 Å². The number of rotatable bonds is 5. The molecular weight excluding hydrogens is 318 g/mol. The molecule has 0 unspecified atom stereocenters. The van der Waals surface area contributed by atoms with E-state index >= 15 is 0 Å². The lowest BCUT2D eigenvalue weighted by Crippen LogP contribution is -2.40. The third kappa shape index (κ3) is 4.25. The quantitative estimate of drug-likeness (QED) is 0.851. The summed E-state index contributed by atoms with van der Waals surface area (Å²) < 4.78 is 5.23. The first-order chi connectivity index (χ1) is 12.1. The van der Waals surface area contributed by atoms with Gasteiger partial charge in [-0.3, -0.25) is 4.79 Å². The molecule has 1 saturated heterocycles. The molecule has 25 heavy (non-hydrogen) atoms. The van der Waals surface area contributed by atoms with Gasteiger partial charge in [-0.1, -0.05) is 42.5 Å². The molecular formula is C20H21NO4. The van der Waals surface area contributed by atoms with Crippen LogP contribution in [0.5, 0.6) is 0 Å². The number of carboxylic acids is 1. The Morgan fingerprint density at radius 1 is 1.04 bits per heavy atom. The van der Waals surface area contributed by atoms with Crippen molar-refractivity contribution in [2.24, 2.45) is 0 Å². The molecule has 0 saturated carbocycles. The summed E-state index contributed by atoms with van der Waals surface area (Å²) in [6, 6.07) is 13.7. The molecule has 2 aromatic rings. The number of benzene rings is 2. The molecule has 1 aliphatic rings. The van der Waals surface area contributed by atoms with Crippen molar-refractivity contribution in [3.63, 3.8) is 0 Å². The minimum absolute atomic E-state index is 0.0200. The Bertz CT molecular complexity index is 801. The number of fused-ring (bicyclic) bond motifs is 1. The van der Waals surface area contributed by atoms with Crippen molar-refractivity contribution in [3.8, 4) is 0 Å². The predicted molar refractivity (Wildman–Crippen MR) is 96.2 cm³/mol. The number of amides is 1. The third-order valence-corrected chi connectivity index (χ3v) is 4.40. The highest BCUT2D eigenvalue weighted by Gasteiger charge is 2.18. The molecule has 0 radical (unpaired) electrons. The number of aliphatic carboxylic acids is 1. The maximum atomic E-state index is 12.2. The number of carbonyl (C=O) groups excluding carboxylic acids is 1. The van der Waals surface area contributed by atoms with Crippen LogP contribution in [0.15, 0.2) is 48.0 Å². The minimum atomic E-state index is -0.984. The van der Waals surface area contributed by atoms with E-state index in [9.17, 15) is 14.7 Å². The van der Waals surface area contributed by atoms with Crippen molar-refractivity contribution in [1.82, 2.24) is 4.90 Å². The number of carboxylic acid groups (broad SMARTS) is 1. The van der Waals surface area contributed by atoms with E-state index in [0.717, 1.165) is 16.3 Å². The molecule has 0 aliphatic carbocycles. The smallest absolute Gasteiger partial charge is 0.331 e. The van der Waals surface area contributed by atoms with Crippen molar-refractivity contribution in [2.45, 2.75) is 12.8 Å². The second kappa shape index (κ2) is 7.94. The van der Waals surface area contributed by atoms with Crippen LogP contribution < -0.4 is 0 Å². The molecule has 0 bridgehead atoms. The fourth-order valence-corrected chi connectivity index (χ4v) is 3.02. The molecule has 5 heteroatoms. The SMILES string of the molecule is O=C(O)/C(=C/c1cccc2ccccc12)CCC(=O)N1CCOCC1. The van der Waals surface area contributed by atoms with Crippen molar-refractivity contribution in [1.29, 1.82) is 0 Å². The summed E-state index contributed by atoms with van der Waals surface area (Å²) in [5.74, 6) is -1.00. The second-order valence-corrected chi connectivity index (χ2v) is 6.04. The van der Waals surface area contributed by atoms with Gasteiger partial charge in [-0.2, -0.15) is 0 Å². The highest BCUT2D eigenvalue weighted by molar-refractivity contribution is 5.98. The topological polar surface area (TPSA) is 66.8 Å². The maximum absolute atomic E-state index is 12.2. The molecule has 1 aliphatic heterocycles. The summed E-state index contributed by atoms with van der Waals surface area (Å²) in [6.45, 7) is 2.25. The van der Waals surface area contributed by atoms with Crippen LogP contribution in [0.25, 0.3) is 16.8 Å². The third-order valence-electron chi connectivity index (χ3n) is 4.40. The van der Waals surface area contributed by atoms with Gasteiger partial charge in [0, 0.05) is 25.1 Å². The Balaban J connectivity index is 1.77. The molecule has 1 heterocycles. The summed E-state index contributed by atoms with van der Waals surface area (Å²) in [6.07, 6.45) is 2.09. The lowest BCUT2D eigenvalue weighted by atomic mass is 10.0. The highest BCUT2D eigenvalue weighted by atomic mass is 16.5. The summed E-state index contributed by atoms with van der Waals surface area (Å²) in [7, 11) is 0. The van der Waals surface area contributed by atoms with Crippen molar-refractivity contribution < 1.29 is 19.4 Å². The molecule has 1 fully saturated rings. The normalized spacial score (nSPS) is 15.4. The average Bonchev–Trinajstić information content (AvgIpc) is 2.65. The van der Waals surface area contributed by atoms with E-state index in [1.807, 2.05) is 42.5 Å². The van der Waals surface area contributed by atoms with Crippen LogP contribution in [0.1, 0.15) is 18.4 Å². The fourth-order valence-electron chi connectivity index (χ4n) is 3.02. The Kier molecular flexibility index (Phi) is 5.46. The molecule has 130 valence electrons. The van der Waals surface area contributed by atoms with E-state index in [4.69, 9.17) is 4.74 Å². The van der Waals surface area contributed by atoms with Crippen LogP contribution in [0.4, 0.5) is 0 Å².